The summed E-state index contributed by atoms with van der Waals surface area (Å²) in [6.07, 6.45) is 2.17. The van der Waals surface area contributed by atoms with E-state index in [-0.39, 0.29) is 0 Å². The molecule has 0 amide bonds. The van der Waals surface area contributed by atoms with Gasteiger partial charge >= 0.3 is 0 Å². The van der Waals surface area contributed by atoms with Gasteiger partial charge in [0.2, 0.25) is 0 Å². The van der Waals surface area contributed by atoms with Gasteiger partial charge in [-0.15, -0.1) is 5.10 Å². The van der Waals surface area contributed by atoms with E-state index < -0.39 is 0 Å². The Morgan fingerprint density at radius 3 is 2.68 bits per heavy atom. The van der Waals surface area contributed by atoms with E-state index in [4.69, 9.17) is 0 Å². The zero-order chi connectivity index (χ0) is 13.2. The van der Waals surface area contributed by atoms with Gasteiger partial charge in [-0.1, -0.05) is 12.1 Å². The van der Waals surface area contributed by atoms with Gasteiger partial charge < -0.3 is 5.32 Å². The van der Waals surface area contributed by atoms with Gasteiger partial charge in [-0.3, -0.25) is 0 Å². The van der Waals surface area contributed by atoms with Gasteiger partial charge in [-0.05, 0) is 67.4 Å². The Labute approximate surface area is 113 Å². The molecule has 1 aromatic carbocycles. The first-order valence-corrected chi connectivity index (χ1v) is 6.82. The number of tetrazole rings is 1. The lowest BCUT2D eigenvalue weighted by Gasteiger charge is -2.23. The summed E-state index contributed by atoms with van der Waals surface area (Å²) in [6, 6.07) is 6.81. The average Bonchev–Trinajstić information content (AvgIpc) is 2.92. The monoisotopic (exact) mass is 257 g/mol. The van der Waals surface area contributed by atoms with Crippen molar-refractivity contribution in [2.75, 3.05) is 13.1 Å². The first kappa shape index (κ1) is 12.3. The molecule has 1 aliphatic rings. The molecule has 1 aliphatic heterocycles. The van der Waals surface area contributed by atoms with Crippen molar-refractivity contribution < 1.29 is 0 Å². The minimum absolute atomic E-state index is 0.410. The summed E-state index contributed by atoms with van der Waals surface area (Å²) >= 11 is 0. The molecule has 1 saturated heterocycles. The fourth-order valence-electron chi connectivity index (χ4n) is 2.56. The molecule has 100 valence electrons. The predicted octanol–water partition coefficient (Wildman–Crippen LogP) is 1.88. The summed E-state index contributed by atoms with van der Waals surface area (Å²) in [4.78, 5) is 0. The molecular formula is C14H19N5. The number of nitrogens with one attached hydrogen (secondary N) is 1. The van der Waals surface area contributed by atoms with Crippen LogP contribution >= 0.6 is 0 Å². The van der Waals surface area contributed by atoms with Crippen LogP contribution in [0.2, 0.25) is 0 Å². The van der Waals surface area contributed by atoms with Crippen LogP contribution in [0.25, 0.3) is 11.4 Å². The highest BCUT2D eigenvalue weighted by Crippen LogP contribution is 2.25. The zero-order valence-electron chi connectivity index (χ0n) is 11.4. The number of hydrogen-bond acceptors (Lipinski definition) is 4. The molecule has 0 spiro atoms. The Morgan fingerprint density at radius 1 is 1.16 bits per heavy atom. The van der Waals surface area contributed by atoms with E-state index >= 15 is 0 Å². The van der Waals surface area contributed by atoms with Crippen LogP contribution in [0.4, 0.5) is 0 Å². The quantitative estimate of drug-likeness (QED) is 0.892. The standard InChI is InChI=1S/C14H19N5/c1-10-3-4-12(9-11(10)2)14-16-17-18-19(14)13-5-7-15-8-6-13/h3-4,9,13,15H,5-8H2,1-2H3. The van der Waals surface area contributed by atoms with E-state index in [2.05, 4.69) is 52.9 Å². The molecule has 19 heavy (non-hydrogen) atoms. The topological polar surface area (TPSA) is 55.6 Å². The highest BCUT2D eigenvalue weighted by atomic mass is 15.5. The number of aryl methyl sites for hydroxylation is 2. The number of piperidine rings is 1. The molecule has 0 aliphatic carbocycles. The maximum Gasteiger partial charge on any atom is 0.182 e. The summed E-state index contributed by atoms with van der Waals surface area (Å²) in [7, 11) is 0. The second-order valence-electron chi connectivity index (χ2n) is 5.23. The third-order valence-corrected chi connectivity index (χ3v) is 3.91. The molecule has 2 heterocycles. The summed E-state index contributed by atoms with van der Waals surface area (Å²) in [6.45, 7) is 6.32. The van der Waals surface area contributed by atoms with Crippen molar-refractivity contribution in [1.82, 2.24) is 25.5 Å². The zero-order valence-corrected chi connectivity index (χ0v) is 11.4. The van der Waals surface area contributed by atoms with Crippen LogP contribution in [0.1, 0.15) is 30.0 Å². The molecule has 0 radical (unpaired) electrons. The maximum absolute atomic E-state index is 4.21. The fraction of sp³-hybridized carbons (Fsp3) is 0.500. The Kier molecular flexibility index (Phi) is 3.29. The largest absolute Gasteiger partial charge is 0.317 e. The van der Waals surface area contributed by atoms with Crippen molar-refractivity contribution in [1.29, 1.82) is 0 Å². The van der Waals surface area contributed by atoms with E-state index in [1.807, 2.05) is 4.68 Å². The second kappa shape index (κ2) is 5.09. The van der Waals surface area contributed by atoms with Crippen LogP contribution in [0, 0.1) is 13.8 Å². The molecule has 5 heteroatoms. The van der Waals surface area contributed by atoms with E-state index in [1.54, 1.807) is 0 Å². The summed E-state index contributed by atoms with van der Waals surface area (Å²) in [5, 5.41) is 15.6. The number of rotatable bonds is 2. The SMILES string of the molecule is Cc1ccc(-c2nnnn2C2CCNCC2)cc1C. The minimum Gasteiger partial charge on any atom is -0.317 e. The van der Waals surface area contributed by atoms with Gasteiger partial charge in [-0.25, -0.2) is 4.68 Å². The number of hydrogen-bond donors (Lipinski definition) is 1. The number of benzene rings is 1. The minimum atomic E-state index is 0.410. The van der Waals surface area contributed by atoms with Crippen LogP contribution in [-0.2, 0) is 0 Å². The maximum atomic E-state index is 4.21. The van der Waals surface area contributed by atoms with Crippen molar-refractivity contribution >= 4 is 0 Å². The van der Waals surface area contributed by atoms with E-state index in [1.165, 1.54) is 11.1 Å². The lowest BCUT2D eigenvalue weighted by Crippen LogP contribution is -2.30. The van der Waals surface area contributed by atoms with E-state index in [9.17, 15) is 0 Å². The van der Waals surface area contributed by atoms with Gasteiger partial charge in [0.25, 0.3) is 0 Å². The van der Waals surface area contributed by atoms with Crippen molar-refractivity contribution in [2.24, 2.45) is 0 Å². The van der Waals surface area contributed by atoms with Gasteiger partial charge in [0.1, 0.15) is 0 Å². The molecular weight excluding hydrogens is 238 g/mol. The van der Waals surface area contributed by atoms with Crippen molar-refractivity contribution in [2.45, 2.75) is 32.7 Å². The van der Waals surface area contributed by atoms with Crippen molar-refractivity contribution in [3.05, 3.63) is 29.3 Å². The molecule has 0 saturated carbocycles. The predicted molar refractivity (Wildman–Crippen MR) is 73.9 cm³/mol. The molecule has 0 atom stereocenters. The summed E-state index contributed by atoms with van der Waals surface area (Å²) < 4.78 is 1.99. The fourth-order valence-corrected chi connectivity index (χ4v) is 2.56. The molecule has 3 rings (SSSR count). The highest BCUT2D eigenvalue weighted by Gasteiger charge is 2.20. The van der Waals surface area contributed by atoms with Gasteiger partial charge in [0.15, 0.2) is 5.82 Å². The van der Waals surface area contributed by atoms with Gasteiger partial charge in [0, 0.05) is 5.56 Å². The van der Waals surface area contributed by atoms with Crippen molar-refractivity contribution in [3.63, 3.8) is 0 Å². The van der Waals surface area contributed by atoms with Gasteiger partial charge in [-0.2, -0.15) is 0 Å². The molecule has 2 aromatic rings. The third-order valence-electron chi connectivity index (χ3n) is 3.91. The van der Waals surface area contributed by atoms with Crippen molar-refractivity contribution in [3.8, 4) is 11.4 Å². The first-order valence-electron chi connectivity index (χ1n) is 6.82. The Balaban J connectivity index is 1.96. The molecule has 0 unspecified atom stereocenters. The second-order valence-corrected chi connectivity index (χ2v) is 5.23. The van der Waals surface area contributed by atoms with Crippen LogP contribution in [0.15, 0.2) is 18.2 Å². The van der Waals surface area contributed by atoms with Gasteiger partial charge in [0.05, 0.1) is 6.04 Å². The Hall–Kier alpha value is -1.75. The number of nitrogens with zero attached hydrogens (tertiary/aromatic N) is 4. The van der Waals surface area contributed by atoms with Crippen LogP contribution in [-0.4, -0.2) is 33.3 Å². The Bertz CT molecular complexity index is 569. The molecule has 1 aromatic heterocycles. The summed E-state index contributed by atoms with van der Waals surface area (Å²) in [5.41, 5.74) is 3.67. The Morgan fingerprint density at radius 2 is 1.95 bits per heavy atom. The average molecular weight is 257 g/mol. The lowest BCUT2D eigenvalue weighted by atomic mass is 10.0. The normalized spacial score (nSPS) is 16.7. The van der Waals surface area contributed by atoms with E-state index in [0.29, 0.717) is 6.04 Å². The highest BCUT2D eigenvalue weighted by molar-refractivity contribution is 5.57. The van der Waals surface area contributed by atoms with E-state index in [0.717, 1.165) is 37.3 Å². The third kappa shape index (κ3) is 2.38. The lowest BCUT2D eigenvalue weighted by molar-refractivity contribution is 0.340. The molecule has 5 nitrogen and oxygen atoms in total. The number of aromatic nitrogens is 4. The first-order chi connectivity index (χ1) is 9.25. The van der Waals surface area contributed by atoms with Crippen LogP contribution in [0.3, 0.4) is 0 Å². The molecule has 0 bridgehead atoms. The van der Waals surface area contributed by atoms with Crippen LogP contribution in [0.5, 0.6) is 0 Å². The smallest absolute Gasteiger partial charge is 0.182 e. The molecule has 1 N–H and O–H groups in total. The van der Waals surface area contributed by atoms with Crippen LogP contribution < -0.4 is 5.32 Å². The molecule has 1 fully saturated rings. The summed E-state index contributed by atoms with van der Waals surface area (Å²) in [5.74, 6) is 0.884.